The van der Waals surface area contributed by atoms with Crippen LogP contribution in [0.4, 0.5) is 0 Å². The molecule has 20 heavy (non-hydrogen) atoms. The van der Waals surface area contributed by atoms with Gasteiger partial charge < -0.3 is 4.90 Å². The van der Waals surface area contributed by atoms with Gasteiger partial charge in [0.05, 0.1) is 11.6 Å². The third-order valence-electron chi connectivity index (χ3n) is 2.97. The summed E-state index contributed by atoms with van der Waals surface area (Å²) in [6, 6.07) is 16.5. The van der Waals surface area contributed by atoms with E-state index in [4.69, 9.17) is 5.26 Å². The summed E-state index contributed by atoms with van der Waals surface area (Å²) in [5, 5.41) is 8.75. The van der Waals surface area contributed by atoms with Crippen LogP contribution in [0.2, 0.25) is 0 Å². The average Bonchev–Trinajstić information content (AvgIpc) is 2.49. The van der Waals surface area contributed by atoms with Crippen LogP contribution in [0.1, 0.15) is 21.5 Å². The Bertz CT molecular complexity index is 659. The van der Waals surface area contributed by atoms with E-state index in [2.05, 4.69) is 15.9 Å². The molecule has 0 unspecified atom stereocenters. The molecule has 0 radical (unpaired) electrons. The van der Waals surface area contributed by atoms with Crippen LogP contribution in [0.3, 0.4) is 0 Å². The molecule has 0 fully saturated rings. The fraction of sp³-hybridized carbons (Fsp3) is 0.125. The number of benzene rings is 2. The maximum absolute atomic E-state index is 12.3. The van der Waals surface area contributed by atoms with Gasteiger partial charge in [-0.2, -0.15) is 5.26 Å². The van der Waals surface area contributed by atoms with Crippen molar-refractivity contribution >= 4 is 21.8 Å². The molecule has 0 heterocycles. The molecular formula is C16H13BrN2O. The molecule has 0 bridgehead atoms. The van der Waals surface area contributed by atoms with Crippen LogP contribution < -0.4 is 0 Å². The Balaban J connectivity index is 2.12. The minimum atomic E-state index is -0.0646. The highest BCUT2D eigenvalue weighted by atomic mass is 79.9. The quantitative estimate of drug-likeness (QED) is 0.864. The van der Waals surface area contributed by atoms with Crippen molar-refractivity contribution in [3.05, 3.63) is 69.7 Å². The van der Waals surface area contributed by atoms with Gasteiger partial charge in [0, 0.05) is 23.6 Å². The molecular weight excluding hydrogens is 316 g/mol. The number of nitriles is 1. The van der Waals surface area contributed by atoms with Crippen LogP contribution in [-0.4, -0.2) is 17.9 Å². The Morgan fingerprint density at radius 2 is 1.85 bits per heavy atom. The van der Waals surface area contributed by atoms with Crippen molar-refractivity contribution in [2.45, 2.75) is 6.54 Å². The molecule has 0 aliphatic heterocycles. The van der Waals surface area contributed by atoms with Gasteiger partial charge in [0.1, 0.15) is 0 Å². The van der Waals surface area contributed by atoms with Gasteiger partial charge in [-0.05, 0) is 35.9 Å². The molecule has 0 atom stereocenters. The van der Waals surface area contributed by atoms with E-state index in [9.17, 15) is 4.79 Å². The summed E-state index contributed by atoms with van der Waals surface area (Å²) in [6.07, 6.45) is 0. The second-order valence-electron chi connectivity index (χ2n) is 4.44. The van der Waals surface area contributed by atoms with E-state index in [1.807, 2.05) is 30.3 Å². The molecule has 0 saturated heterocycles. The van der Waals surface area contributed by atoms with Crippen molar-refractivity contribution in [3.8, 4) is 6.07 Å². The molecule has 4 heteroatoms. The molecule has 0 aliphatic carbocycles. The molecule has 2 aromatic carbocycles. The summed E-state index contributed by atoms with van der Waals surface area (Å²) >= 11 is 3.47. The van der Waals surface area contributed by atoms with Crippen molar-refractivity contribution in [1.82, 2.24) is 4.90 Å². The summed E-state index contributed by atoms with van der Waals surface area (Å²) in [7, 11) is 1.76. The molecule has 100 valence electrons. The number of rotatable bonds is 3. The summed E-state index contributed by atoms with van der Waals surface area (Å²) in [6.45, 7) is 0.528. The van der Waals surface area contributed by atoms with Gasteiger partial charge >= 0.3 is 0 Å². The van der Waals surface area contributed by atoms with E-state index in [0.29, 0.717) is 17.7 Å². The smallest absolute Gasteiger partial charge is 0.253 e. The Morgan fingerprint density at radius 3 is 2.45 bits per heavy atom. The molecule has 0 aromatic heterocycles. The lowest BCUT2D eigenvalue weighted by Gasteiger charge is -2.18. The lowest BCUT2D eigenvalue weighted by Crippen LogP contribution is -2.26. The SMILES string of the molecule is CN(Cc1ccccc1Br)C(=O)c1ccc(C#N)cc1. The lowest BCUT2D eigenvalue weighted by molar-refractivity contribution is 0.0785. The molecule has 0 N–H and O–H groups in total. The number of hydrogen-bond acceptors (Lipinski definition) is 2. The molecule has 0 spiro atoms. The van der Waals surface area contributed by atoms with Gasteiger partial charge in [0.2, 0.25) is 0 Å². The normalized spacial score (nSPS) is 9.85. The first kappa shape index (κ1) is 14.3. The maximum atomic E-state index is 12.3. The molecule has 3 nitrogen and oxygen atoms in total. The van der Waals surface area contributed by atoms with Crippen molar-refractivity contribution in [3.63, 3.8) is 0 Å². The minimum absolute atomic E-state index is 0.0646. The fourth-order valence-corrected chi connectivity index (χ4v) is 2.27. The van der Waals surface area contributed by atoms with Crippen LogP contribution in [0.5, 0.6) is 0 Å². The van der Waals surface area contributed by atoms with Crippen molar-refractivity contribution in [1.29, 1.82) is 5.26 Å². The topological polar surface area (TPSA) is 44.1 Å². The summed E-state index contributed by atoms with van der Waals surface area (Å²) in [5.41, 5.74) is 2.19. The maximum Gasteiger partial charge on any atom is 0.253 e. The molecule has 2 aromatic rings. The Hall–Kier alpha value is -2.12. The van der Waals surface area contributed by atoms with Gasteiger partial charge in [-0.25, -0.2) is 0 Å². The largest absolute Gasteiger partial charge is 0.337 e. The van der Waals surface area contributed by atoms with Crippen molar-refractivity contribution < 1.29 is 4.79 Å². The highest BCUT2D eigenvalue weighted by Crippen LogP contribution is 2.18. The average molecular weight is 329 g/mol. The summed E-state index contributed by atoms with van der Waals surface area (Å²) in [5.74, 6) is -0.0646. The van der Waals surface area contributed by atoms with E-state index >= 15 is 0 Å². The second kappa shape index (κ2) is 6.36. The lowest BCUT2D eigenvalue weighted by atomic mass is 10.1. The molecule has 0 saturated carbocycles. The van der Waals surface area contributed by atoms with Gasteiger partial charge in [0.25, 0.3) is 5.91 Å². The zero-order valence-corrected chi connectivity index (χ0v) is 12.6. The minimum Gasteiger partial charge on any atom is -0.337 e. The Kier molecular flexibility index (Phi) is 4.54. The van der Waals surface area contributed by atoms with Crippen LogP contribution in [0, 0.1) is 11.3 Å². The number of hydrogen-bond donors (Lipinski definition) is 0. The Morgan fingerprint density at radius 1 is 1.20 bits per heavy atom. The van der Waals surface area contributed by atoms with Gasteiger partial charge in [-0.1, -0.05) is 34.1 Å². The third-order valence-corrected chi connectivity index (χ3v) is 3.75. The van der Waals surface area contributed by atoms with Crippen LogP contribution in [-0.2, 0) is 6.54 Å². The highest BCUT2D eigenvalue weighted by molar-refractivity contribution is 9.10. The van der Waals surface area contributed by atoms with E-state index in [1.165, 1.54) is 0 Å². The first-order valence-corrected chi connectivity index (χ1v) is 6.90. The highest BCUT2D eigenvalue weighted by Gasteiger charge is 2.12. The van der Waals surface area contributed by atoms with Crippen molar-refractivity contribution in [2.24, 2.45) is 0 Å². The molecule has 0 aliphatic rings. The number of halogens is 1. The monoisotopic (exact) mass is 328 g/mol. The predicted octanol–water partition coefficient (Wildman–Crippen LogP) is 3.59. The zero-order chi connectivity index (χ0) is 14.5. The second-order valence-corrected chi connectivity index (χ2v) is 5.30. The van der Waals surface area contributed by atoms with Crippen LogP contribution in [0.15, 0.2) is 53.0 Å². The third kappa shape index (κ3) is 3.25. The van der Waals surface area contributed by atoms with E-state index in [0.717, 1.165) is 10.0 Å². The number of carbonyl (C=O) groups excluding carboxylic acids is 1. The predicted molar refractivity (Wildman–Crippen MR) is 81.1 cm³/mol. The zero-order valence-electron chi connectivity index (χ0n) is 11.0. The van der Waals surface area contributed by atoms with Gasteiger partial charge in [-0.3, -0.25) is 4.79 Å². The molecule has 1 amide bonds. The first-order valence-electron chi connectivity index (χ1n) is 6.11. The summed E-state index contributed by atoms with van der Waals surface area (Å²) in [4.78, 5) is 13.9. The standard InChI is InChI=1S/C16H13BrN2O/c1-19(11-14-4-2-3-5-15(14)17)16(20)13-8-6-12(10-18)7-9-13/h2-9H,11H2,1H3. The first-order chi connectivity index (χ1) is 9.61. The van der Waals surface area contributed by atoms with Crippen LogP contribution in [0.25, 0.3) is 0 Å². The van der Waals surface area contributed by atoms with Gasteiger partial charge in [-0.15, -0.1) is 0 Å². The number of amides is 1. The summed E-state index contributed by atoms with van der Waals surface area (Å²) < 4.78 is 0.986. The molecule has 2 rings (SSSR count). The van der Waals surface area contributed by atoms with E-state index in [1.54, 1.807) is 36.2 Å². The Labute approximate surface area is 126 Å². The van der Waals surface area contributed by atoms with Crippen LogP contribution >= 0.6 is 15.9 Å². The fourth-order valence-electron chi connectivity index (χ4n) is 1.86. The van der Waals surface area contributed by atoms with E-state index < -0.39 is 0 Å². The number of nitrogens with zero attached hydrogens (tertiary/aromatic N) is 2. The van der Waals surface area contributed by atoms with Crippen molar-refractivity contribution in [2.75, 3.05) is 7.05 Å². The van der Waals surface area contributed by atoms with E-state index in [-0.39, 0.29) is 5.91 Å². The number of carbonyl (C=O) groups is 1. The van der Waals surface area contributed by atoms with Gasteiger partial charge in [0.15, 0.2) is 0 Å².